The van der Waals surface area contributed by atoms with Crippen molar-refractivity contribution in [1.82, 2.24) is 9.78 Å². The highest BCUT2D eigenvalue weighted by Crippen LogP contribution is 2.45. The zero-order valence-electron chi connectivity index (χ0n) is 12.0. The fourth-order valence-corrected chi connectivity index (χ4v) is 3.98. The van der Waals surface area contributed by atoms with Crippen molar-refractivity contribution in [2.24, 2.45) is 18.4 Å². The number of aromatic nitrogens is 2. The first-order valence-corrected chi connectivity index (χ1v) is 7.96. The minimum Gasteiger partial charge on any atom is -0.271 e. The van der Waals surface area contributed by atoms with Gasteiger partial charge < -0.3 is 0 Å². The van der Waals surface area contributed by atoms with E-state index in [9.17, 15) is 5.26 Å². The second-order valence-corrected chi connectivity index (χ2v) is 6.56. The van der Waals surface area contributed by atoms with Crippen molar-refractivity contribution >= 4 is 15.9 Å². The Bertz CT molecular complexity index is 500. The zero-order valence-corrected chi connectivity index (χ0v) is 13.6. The number of rotatable bonds is 4. The van der Waals surface area contributed by atoms with Crippen LogP contribution >= 0.6 is 15.9 Å². The van der Waals surface area contributed by atoms with E-state index in [1.165, 1.54) is 18.5 Å². The first-order valence-electron chi connectivity index (χ1n) is 7.16. The molecule has 0 aromatic carbocycles. The monoisotopic (exact) mass is 323 g/mol. The van der Waals surface area contributed by atoms with Crippen LogP contribution < -0.4 is 0 Å². The third-order valence-corrected chi connectivity index (χ3v) is 5.45. The molecule has 1 saturated carbocycles. The van der Waals surface area contributed by atoms with Gasteiger partial charge in [0, 0.05) is 13.5 Å². The Morgan fingerprint density at radius 1 is 1.53 bits per heavy atom. The van der Waals surface area contributed by atoms with E-state index >= 15 is 0 Å². The average Bonchev–Trinajstić information content (AvgIpc) is 2.95. The molecule has 1 aliphatic carbocycles. The molecule has 1 aromatic rings. The van der Waals surface area contributed by atoms with Gasteiger partial charge in [-0.25, -0.2) is 0 Å². The van der Waals surface area contributed by atoms with Gasteiger partial charge in [-0.2, -0.15) is 10.4 Å². The van der Waals surface area contributed by atoms with Gasteiger partial charge in [0.25, 0.3) is 0 Å². The Balaban J connectivity index is 2.25. The number of aryl methyl sites for hydroxylation is 2. The van der Waals surface area contributed by atoms with Gasteiger partial charge in [0.05, 0.1) is 27.3 Å². The Morgan fingerprint density at radius 2 is 2.26 bits per heavy atom. The summed E-state index contributed by atoms with van der Waals surface area (Å²) in [4.78, 5) is 0. The average molecular weight is 324 g/mol. The van der Waals surface area contributed by atoms with Crippen LogP contribution in [0.5, 0.6) is 0 Å². The van der Waals surface area contributed by atoms with E-state index in [1.807, 2.05) is 11.7 Å². The molecular weight excluding hydrogens is 302 g/mol. The fraction of sp³-hybridized carbons (Fsp3) is 0.733. The van der Waals surface area contributed by atoms with Gasteiger partial charge in [0.1, 0.15) is 0 Å². The van der Waals surface area contributed by atoms with Gasteiger partial charge in [-0.3, -0.25) is 4.68 Å². The second kappa shape index (κ2) is 5.66. The summed E-state index contributed by atoms with van der Waals surface area (Å²) in [5.41, 5.74) is 2.09. The van der Waals surface area contributed by atoms with Gasteiger partial charge in [0.15, 0.2) is 0 Å². The van der Waals surface area contributed by atoms with Crippen LogP contribution in [-0.4, -0.2) is 9.78 Å². The first kappa shape index (κ1) is 14.6. The largest absolute Gasteiger partial charge is 0.271 e. The molecule has 1 aliphatic rings. The second-order valence-electron chi connectivity index (χ2n) is 5.77. The van der Waals surface area contributed by atoms with Crippen LogP contribution in [-0.2, 0) is 19.9 Å². The van der Waals surface area contributed by atoms with E-state index in [2.05, 4.69) is 40.9 Å². The topological polar surface area (TPSA) is 41.6 Å². The van der Waals surface area contributed by atoms with Gasteiger partial charge >= 0.3 is 0 Å². The smallest absolute Gasteiger partial charge is 0.0766 e. The normalized spacial score (nSPS) is 26.6. The molecule has 0 radical (unpaired) electrons. The molecule has 1 aromatic heterocycles. The van der Waals surface area contributed by atoms with Crippen LogP contribution in [0.2, 0.25) is 0 Å². The highest BCUT2D eigenvalue weighted by molar-refractivity contribution is 9.10. The number of nitriles is 1. The van der Waals surface area contributed by atoms with Crippen LogP contribution in [0.4, 0.5) is 0 Å². The molecule has 0 aliphatic heterocycles. The van der Waals surface area contributed by atoms with Crippen molar-refractivity contribution in [3.05, 3.63) is 15.9 Å². The number of hydrogen-bond acceptors (Lipinski definition) is 2. The minimum absolute atomic E-state index is 0.179. The van der Waals surface area contributed by atoms with Crippen LogP contribution in [0.25, 0.3) is 0 Å². The number of hydrogen-bond donors (Lipinski definition) is 0. The molecule has 4 heteroatoms. The molecular formula is C15H22BrN3. The van der Waals surface area contributed by atoms with E-state index in [4.69, 9.17) is 0 Å². The quantitative estimate of drug-likeness (QED) is 0.840. The van der Waals surface area contributed by atoms with Crippen molar-refractivity contribution in [3.63, 3.8) is 0 Å². The van der Waals surface area contributed by atoms with Gasteiger partial charge in [-0.1, -0.05) is 20.3 Å². The van der Waals surface area contributed by atoms with E-state index in [0.29, 0.717) is 0 Å². The summed E-state index contributed by atoms with van der Waals surface area (Å²) in [6.07, 6.45) is 6.20. The third-order valence-electron chi connectivity index (χ3n) is 4.53. The molecule has 2 rings (SSSR count). The fourth-order valence-electron chi connectivity index (χ4n) is 3.22. The third kappa shape index (κ3) is 2.72. The molecule has 0 bridgehead atoms. The molecule has 0 spiro atoms. The highest BCUT2D eigenvalue weighted by Gasteiger charge is 2.40. The summed E-state index contributed by atoms with van der Waals surface area (Å²) in [5, 5.41) is 14.2. The predicted octanol–water partition coefficient (Wildman–Crippen LogP) is 4.01. The highest BCUT2D eigenvalue weighted by atomic mass is 79.9. The van der Waals surface area contributed by atoms with Gasteiger partial charge in [-0.15, -0.1) is 0 Å². The zero-order chi connectivity index (χ0) is 14.0. The lowest BCUT2D eigenvalue weighted by Gasteiger charge is -2.21. The van der Waals surface area contributed by atoms with E-state index in [-0.39, 0.29) is 5.41 Å². The molecule has 19 heavy (non-hydrogen) atoms. The summed E-state index contributed by atoms with van der Waals surface area (Å²) in [6, 6.07) is 2.61. The molecule has 0 amide bonds. The molecule has 104 valence electrons. The predicted molar refractivity (Wildman–Crippen MR) is 79.7 cm³/mol. The molecule has 1 fully saturated rings. The van der Waals surface area contributed by atoms with Crippen molar-refractivity contribution in [3.8, 4) is 6.07 Å². The Labute approximate surface area is 124 Å². The minimum atomic E-state index is -0.179. The van der Waals surface area contributed by atoms with Crippen LogP contribution in [0.1, 0.15) is 50.9 Å². The maximum atomic E-state index is 9.64. The van der Waals surface area contributed by atoms with Crippen LogP contribution in [0, 0.1) is 22.7 Å². The van der Waals surface area contributed by atoms with Gasteiger partial charge in [-0.05, 0) is 47.5 Å². The van der Waals surface area contributed by atoms with Crippen LogP contribution in [0.3, 0.4) is 0 Å². The molecule has 0 N–H and O–H groups in total. The summed E-state index contributed by atoms with van der Waals surface area (Å²) in [6.45, 7) is 4.34. The Kier molecular flexibility index (Phi) is 4.35. The van der Waals surface area contributed by atoms with Crippen LogP contribution in [0.15, 0.2) is 4.47 Å². The first-order chi connectivity index (χ1) is 9.05. The molecule has 0 saturated heterocycles. The van der Waals surface area contributed by atoms with Crippen molar-refractivity contribution in [1.29, 1.82) is 5.26 Å². The summed E-state index contributed by atoms with van der Waals surface area (Å²) < 4.78 is 3.05. The lowest BCUT2D eigenvalue weighted by atomic mass is 9.82. The molecule has 2 atom stereocenters. The Hall–Kier alpha value is -0.820. The molecule has 2 unspecified atom stereocenters. The number of halogens is 1. The standard InChI is InChI=1S/C15H22BrN3/c1-4-11-6-7-15(8-11,10-17)9-13-14(16)12(5-2)18-19(13)3/h11H,4-9H2,1-3H3. The number of nitrogens with zero attached hydrogens (tertiary/aromatic N) is 3. The maximum Gasteiger partial charge on any atom is 0.0766 e. The van der Waals surface area contributed by atoms with E-state index in [0.717, 1.165) is 41.8 Å². The lowest BCUT2D eigenvalue weighted by Crippen LogP contribution is -2.20. The SMILES string of the molecule is CCc1nn(C)c(CC2(C#N)CCC(CC)C2)c1Br. The summed E-state index contributed by atoms with van der Waals surface area (Å²) >= 11 is 3.66. The van der Waals surface area contributed by atoms with E-state index in [1.54, 1.807) is 0 Å². The van der Waals surface area contributed by atoms with Crippen molar-refractivity contribution < 1.29 is 0 Å². The van der Waals surface area contributed by atoms with Gasteiger partial charge in [0.2, 0.25) is 0 Å². The Morgan fingerprint density at radius 3 is 2.74 bits per heavy atom. The van der Waals surface area contributed by atoms with Crippen molar-refractivity contribution in [2.75, 3.05) is 0 Å². The van der Waals surface area contributed by atoms with Crippen molar-refractivity contribution in [2.45, 2.75) is 52.4 Å². The molecule has 1 heterocycles. The summed E-state index contributed by atoms with van der Waals surface area (Å²) in [5.74, 6) is 0.720. The summed E-state index contributed by atoms with van der Waals surface area (Å²) in [7, 11) is 1.98. The van der Waals surface area contributed by atoms with E-state index < -0.39 is 0 Å². The maximum absolute atomic E-state index is 9.64. The lowest BCUT2D eigenvalue weighted by molar-refractivity contribution is 0.370. The molecule has 3 nitrogen and oxygen atoms in total.